The molecule has 80 valence electrons. The highest BCUT2D eigenvalue weighted by Gasteiger charge is 2.12. The van der Waals surface area contributed by atoms with Crippen LogP contribution in [-0.4, -0.2) is 26.7 Å². The Morgan fingerprint density at radius 3 is 1.87 bits per heavy atom. The molecule has 0 bridgehead atoms. The second kappa shape index (κ2) is 4.67. The summed E-state index contributed by atoms with van der Waals surface area (Å²) in [5.74, 6) is -2.59. The number of aromatic carboxylic acids is 2. The lowest BCUT2D eigenvalue weighted by atomic mass is 10.1. The topological polar surface area (TPSA) is 104 Å². The summed E-state index contributed by atoms with van der Waals surface area (Å²) in [7, 11) is 0. The summed E-state index contributed by atoms with van der Waals surface area (Å²) in [5, 5.41) is 17.3. The number of carboxylic acid groups (broad SMARTS) is 2. The van der Waals surface area contributed by atoms with E-state index in [2.05, 4.69) is 4.18 Å². The van der Waals surface area contributed by atoms with Crippen molar-refractivity contribution in [2.24, 2.45) is 0 Å². The number of hydrogen-bond donors (Lipinski definition) is 3. The van der Waals surface area contributed by atoms with Crippen molar-refractivity contribution in [3.63, 3.8) is 0 Å². The highest BCUT2D eigenvalue weighted by molar-refractivity contribution is 7.89. The van der Waals surface area contributed by atoms with Gasteiger partial charge < -0.3 is 14.4 Å². The van der Waals surface area contributed by atoms with Crippen molar-refractivity contribution >= 4 is 24.3 Å². The van der Waals surface area contributed by atoms with E-state index < -0.39 is 11.9 Å². The molecule has 0 atom stereocenters. The van der Waals surface area contributed by atoms with Gasteiger partial charge in [0, 0.05) is 0 Å². The maximum atomic E-state index is 10.6. The van der Waals surface area contributed by atoms with Gasteiger partial charge in [-0.05, 0) is 18.2 Å². The molecule has 0 amide bonds. The standard InChI is InChI=1S/C8H6O6S/c9-7(10)4-1-5(8(11)12)3-6(2-4)14-15-13/h1-3,13H,(H,9,10)(H,11,12). The predicted molar refractivity (Wildman–Crippen MR) is 51.2 cm³/mol. The molecule has 0 unspecified atom stereocenters. The second-order valence-electron chi connectivity index (χ2n) is 2.51. The molecule has 0 saturated carbocycles. The second-order valence-corrected chi connectivity index (χ2v) is 2.83. The lowest BCUT2D eigenvalue weighted by molar-refractivity contribution is 0.0696. The Morgan fingerprint density at radius 1 is 1.07 bits per heavy atom. The number of hydrogen-bond acceptors (Lipinski definition) is 5. The molecule has 6 nitrogen and oxygen atoms in total. The number of carbonyl (C=O) groups is 2. The Hall–Kier alpha value is -1.73. The molecule has 1 rings (SSSR count). The third-order valence-corrected chi connectivity index (χ3v) is 1.80. The van der Waals surface area contributed by atoms with Gasteiger partial charge in [-0.2, -0.15) is 0 Å². The largest absolute Gasteiger partial charge is 0.478 e. The van der Waals surface area contributed by atoms with Crippen molar-refractivity contribution in [3.05, 3.63) is 29.3 Å². The molecule has 0 heterocycles. The average Bonchev–Trinajstić information content (AvgIpc) is 2.17. The Labute approximate surface area is 88.5 Å². The van der Waals surface area contributed by atoms with Gasteiger partial charge in [-0.3, -0.25) is 4.55 Å². The van der Waals surface area contributed by atoms with E-state index in [9.17, 15) is 9.59 Å². The third kappa shape index (κ3) is 2.86. The minimum Gasteiger partial charge on any atom is -0.478 e. The third-order valence-electron chi connectivity index (χ3n) is 1.53. The Bertz CT molecular complexity index is 370. The number of rotatable bonds is 4. The first-order chi connectivity index (χ1) is 7.04. The minimum absolute atomic E-state index is 0.00970. The van der Waals surface area contributed by atoms with Crippen molar-refractivity contribution in [2.45, 2.75) is 0 Å². The molecule has 0 spiro atoms. The van der Waals surface area contributed by atoms with Crippen LogP contribution in [0.3, 0.4) is 0 Å². The van der Waals surface area contributed by atoms with Crippen LogP contribution in [0, 0.1) is 0 Å². The molecule has 1 aromatic carbocycles. The zero-order valence-corrected chi connectivity index (χ0v) is 8.02. The number of benzene rings is 1. The summed E-state index contributed by atoms with van der Waals surface area (Å²) in [6, 6.07) is 3.22. The van der Waals surface area contributed by atoms with E-state index in [1.807, 2.05) is 0 Å². The molecule has 15 heavy (non-hydrogen) atoms. The van der Waals surface area contributed by atoms with Gasteiger partial charge in [0.1, 0.15) is 5.75 Å². The smallest absolute Gasteiger partial charge is 0.335 e. The van der Waals surface area contributed by atoms with Gasteiger partial charge in [-0.15, -0.1) is 0 Å². The van der Waals surface area contributed by atoms with Crippen LogP contribution >= 0.6 is 12.3 Å². The van der Waals surface area contributed by atoms with Gasteiger partial charge in [0.15, 0.2) is 0 Å². The number of carboxylic acids is 2. The Balaban J connectivity index is 3.19. The summed E-state index contributed by atoms with van der Waals surface area (Å²) in [6.07, 6.45) is 0. The lowest BCUT2D eigenvalue weighted by Crippen LogP contribution is -2.02. The SMILES string of the molecule is O=C(O)c1cc(OSO)cc(C(=O)O)c1. The lowest BCUT2D eigenvalue weighted by Gasteiger charge is -2.03. The quantitative estimate of drug-likeness (QED) is 0.674. The predicted octanol–water partition coefficient (Wildman–Crippen LogP) is 1.58. The van der Waals surface area contributed by atoms with Crippen molar-refractivity contribution in [1.82, 2.24) is 0 Å². The Kier molecular flexibility index (Phi) is 3.53. The molecular formula is C8H6O6S. The normalized spacial score (nSPS) is 9.67. The van der Waals surface area contributed by atoms with E-state index in [1.165, 1.54) is 0 Å². The van der Waals surface area contributed by atoms with Gasteiger partial charge in [-0.25, -0.2) is 9.59 Å². The summed E-state index contributed by atoms with van der Waals surface area (Å²) in [5.41, 5.74) is -0.446. The van der Waals surface area contributed by atoms with Gasteiger partial charge >= 0.3 is 11.9 Å². The van der Waals surface area contributed by atoms with Crippen LogP contribution < -0.4 is 4.18 Å². The van der Waals surface area contributed by atoms with E-state index in [-0.39, 0.29) is 29.2 Å². The summed E-state index contributed by atoms with van der Waals surface area (Å²) in [4.78, 5) is 21.2. The van der Waals surface area contributed by atoms with Gasteiger partial charge in [0.05, 0.1) is 11.1 Å². The maximum Gasteiger partial charge on any atom is 0.335 e. The van der Waals surface area contributed by atoms with E-state index >= 15 is 0 Å². The molecule has 0 saturated heterocycles. The van der Waals surface area contributed by atoms with Crippen molar-refractivity contribution in [2.75, 3.05) is 0 Å². The highest BCUT2D eigenvalue weighted by Crippen LogP contribution is 2.20. The molecule has 0 aliphatic carbocycles. The first kappa shape index (κ1) is 11.3. The molecule has 7 heteroatoms. The van der Waals surface area contributed by atoms with Crippen LogP contribution in [0.25, 0.3) is 0 Å². The van der Waals surface area contributed by atoms with Crippen molar-refractivity contribution in [3.8, 4) is 5.75 Å². The van der Waals surface area contributed by atoms with Crippen molar-refractivity contribution in [1.29, 1.82) is 0 Å². The zero-order chi connectivity index (χ0) is 11.4. The van der Waals surface area contributed by atoms with Crippen LogP contribution in [0.15, 0.2) is 18.2 Å². The Morgan fingerprint density at radius 2 is 1.53 bits per heavy atom. The van der Waals surface area contributed by atoms with Gasteiger partial charge in [-0.1, -0.05) is 0 Å². The fourth-order valence-electron chi connectivity index (χ4n) is 0.937. The molecule has 1 aromatic rings. The van der Waals surface area contributed by atoms with Crippen LogP contribution in [-0.2, 0) is 0 Å². The van der Waals surface area contributed by atoms with Gasteiger partial charge in [0.2, 0.25) is 12.3 Å². The molecule has 0 aliphatic rings. The minimum atomic E-state index is -1.27. The monoisotopic (exact) mass is 230 g/mol. The first-order valence-corrected chi connectivity index (χ1v) is 4.34. The van der Waals surface area contributed by atoms with Gasteiger partial charge in [0.25, 0.3) is 0 Å². The fraction of sp³-hybridized carbons (Fsp3) is 0. The molecule has 0 aliphatic heterocycles. The summed E-state index contributed by atoms with van der Waals surface area (Å²) in [6.45, 7) is 0. The van der Waals surface area contributed by atoms with Crippen LogP contribution in [0.5, 0.6) is 5.75 Å². The fourth-order valence-corrected chi connectivity index (χ4v) is 1.12. The zero-order valence-electron chi connectivity index (χ0n) is 7.21. The van der Waals surface area contributed by atoms with Crippen molar-refractivity contribution < 1.29 is 28.5 Å². The van der Waals surface area contributed by atoms with E-state index in [0.29, 0.717) is 0 Å². The molecule has 0 fully saturated rings. The van der Waals surface area contributed by atoms with Crippen LogP contribution in [0.4, 0.5) is 0 Å². The van der Waals surface area contributed by atoms with E-state index in [0.717, 1.165) is 18.2 Å². The molecular weight excluding hydrogens is 224 g/mol. The molecule has 0 aromatic heterocycles. The maximum absolute atomic E-state index is 10.6. The van der Waals surface area contributed by atoms with E-state index in [4.69, 9.17) is 14.8 Å². The average molecular weight is 230 g/mol. The van der Waals surface area contributed by atoms with E-state index in [1.54, 1.807) is 0 Å². The van der Waals surface area contributed by atoms with Crippen LogP contribution in [0.2, 0.25) is 0 Å². The first-order valence-electron chi connectivity index (χ1n) is 3.64. The molecule has 0 radical (unpaired) electrons. The summed E-state index contributed by atoms with van der Waals surface area (Å²) >= 11 is 0.00970. The highest BCUT2D eigenvalue weighted by atomic mass is 32.2. The molecule has 3 N–H and O–H groups in total. The van der Waals surface area contributed by atoms with Crippen LogP contribution in [0.1, 0.15) is 20.7 Å². The summed E-state index contributed by atoms with van der Waals surface area (Å²) < 4.78 is 12.9.